The molecule has 0 bridgehead atoms. The Balaban J connectivity index is 1.55. The third-order valence-electron chi connectivity index (χ3n) is 4.64. The number of carbonyl (C=O) groups is 2. The van der Waals surface area contributed by atoms with Gasteiger partial charge in [-0.15, -0.1) is 11.3 Å². The van der Waals surface area contributed by atoms with Crippen LogP contribution in [0.1, 0.15) is 44.5 Å². The van der Waals surface area contributed by atoms with Crippen molar-refractivity contribution < 1.29 is 9.59 Å². The highest BCUT2D eigenvalue weighted by atomic mass is 35.5. The van der Waals surface area contributed by atoms with Crippen molar-refractivity contribution in [2.45, 2.75) is 39.5 Å². The molecule has 0 saturated carbocycles. The molecule has 0 atom stereocenters. The number of fused-ring (bicyclic) bond motifs is 1. The number of thiazole rings is 1. The van der Waals surface area contributed by atoms with Crippen molar-refractivity contribution in [2.24, 2.45) is 5.41 Å². The molecule has 1 aliphatic heterocycles. The molecule has 2 aromatic rings. The van der Waals surface area contributed by atoms with Crippen molar-refractivity contribution in [2.75, 3.05) is 19.6 Å². The SMILES string of the molecule is CC(C)(C)C(=O)NCC(=O)N1CCC(c2nc3cc(Cl)ccc3s2)CC1. The van der Waals surface area contributed by atoms with Crippen molar-refractivity contribution in [3.05, 3.63) is 28.2 Å². The lowest BCUT2D eigenvalue weighted by Gasteiger charge is -2.31. The highest BCUT2D eigenvalue weighted by molar-refractivity contribution is 7.18. The maximum atomic E-state index is 12.3. The molecule has 26 heavy (non-hydrogen) atoms. The third kappa shape index (κ3) is 4.35. The number of rotatable bonds is 3. The van der Waals surface area contributed by atoms with Crippen LogP contribution >= 0.6 is 22.9 Å². The lowest BCUT2D eigenvalue weighted by Crippen LogP contribution is -2.45. The maximum Gasteiger partial charge on any atom is 0.241 e. The van der Waals surface area contributed by atoms with Crippen LogP contribution in [0.5, 0.6) is 0 Å². The maximum absolute atomic E-state index is 12.3. The van der Waals surface area contributed by atoms with Crippen LogP contribution in [0.2, 0.25) is 5.02 Å². The summed E-state index contributed by atoms with van der Waals surface area (Å²) in [5, 5.41) is 4.55. The standard InChI is InChI=1S/C19H24ClN3O2S/c1-19(2,3)18(25)21-11-16(24)23-8-6-12(7-9-23)17-22-14-10-13(20)4-5-15(14)26-17/h4-5,10,12H,6-9,11H2,1-3H3,(H,21,25). The number of hydrogen-bond acceptors (Lipinski definition) is 4. The number of benzene rings is 1. The van der Waals surface area contributed by atoms with E-state index in [1.807, 2.05) is 43.9 Å². The van der Waals surface area contributed by atoms with Gasteiger partial charge in [0.25, 0.3) is 0 Å². The first-order valence-corrected chi connectivity index (χ1v) is 10.1. The van der Waals surface area contributed by atoms with E-state index in [2.05, 4.69) is 5.32 Å². The Kier molecular flexibility index (Phi) is 5.53. The van der Waals surface area contributed by atoms with E-state index < -0.39 is 5.41 Å². The zero-order valence-corrected chi connectivity index (χ0v) is 16.9. The van der Waals surface area contributed by atoms with E-state index in [0.29, 0.717) is 24.0 Å². The quantitative estimate of drug-likeness (QED) is 0.862. The lowest BCUT2D eigenvalue weighted by atomic mass is 9.95. The summed E-state index contributed by atoms with van der Waals surface area (Å²) < 4.78 is 1.15. The van der Waals surface area contributed by atoms with Crippen molar-refractivity contribution >= 4 is 45.0 Å². The summed E-state index contributed by atoms with van der Waals surface area (Å²) in [6.07, 6.45) is 1.79. The van der Waals surface area contributed by atoms with Gasteiger partial charge in [0.05, 0.1) is 21.8 Å². The second-order valence-electron chi connectivity index (χ2n) is 7.75. The van der Waals surface area contributed by atoms with Crippen LogP contribution < -0.4 is 5.32 Å². The second kappa shape index (κ2) is 7.53. The Morgan fingerprint density at radius 2 is 2.00 bits per heavy atom. The van der Waals surface area contributed by atoms with E-state index in [1.54, 1.807) is 11.3 Å². The van der Waals surface area contributed by atoms with Crippen LogP contribution in [0.25, 0.3) is 10.2 Å². The highest BCUT2D eigenvalue weighted by Crippen LogP contribution is 2.34. The molecule has 0 radical (unpaired) electrons. The molecule has 140 valence electrons. The van der Waals surface area contributed by atoms with E-state index >= 15 is 0 Å². The van der Waals surface area contributed by atoms with Gasteiger partial charge in [0, 0.05) is 29.4 Å². The Morgan fingerprint density at radius 1 is 1.31 bits per heavy atom. The first-order valence-electron chi connectivity index (χ1n) is 8.86. The van der Waals surface area contributed by atoms with Crippen molar-refractivity contribution in [1.29, 1.82) is 0 Å². The van der Waals surface area contributed by atoms with Gasteiger partial charge in [-0.2, -0.15) is 0 Å². The average Bonchev–Trinajstić information content (AvgIpc) is 3.01. The molecule has 0 unspecified atom stereocenters. The number of amides is 2. The van der Waals surface area contributed by atoms with Crippen LogP contribution in [0, 0.1) is 5.41 Å². The number of nitrogens with one attached hydrogen (secondary N) is 1. The topological polar surface area (TPSA) is 62.3 Å². The number of piperidine rings is 1. The second-order valence-corrected chi connectivity index (χ2v) is 9.25. The molecular weight excluding hydrogens is 370 g/mol. The van der Waals surface area contributed by atoms with Gasteiger partial charge in [-0.05, 0) is 31.0 Å². The fourth-order valence-corrected chi connectivity index (χ4v) is 4.28. The largest absolute Gasteiger partial charge is 0.347 e. The molecule has 1 fully saturated rings. The molecule has 0 aliphatic carbocycles. The van der Waals surface area contributed by atoms with Crippen LogP contribution in [0.3, 0.4) is 0 Å². The molecule has 7 heteroatoms. The molecule has 0 spiro atoms. The molecule has 1 aliphatic rings. The molecule has 1 aromatic heterocycles. The average molecular weight is 394 g/mol. The number of halogens is 1. The molecule has 2 heterocycles. The Morgan fingerprint density at radius 3 is 2.65 bits per heavy atom. The summed E-state index contributed by atoms with van der Waals surface area (Å²) in [6, 6.07) is 5.79. The fourth-order valence-electron chi connectivity index (χ4n) is 3.00. The minimum atomic E-state index is -0.483. The number of carbonyl (C=O) groups excluding carboxylic acids is 2. The van der Waals surface area contributed by atoms with E-state index in [1.165, 1.54) is 0 Å². The summed E-state index contributed by atoms with van der Waals surface area (Å²) in [5.74, 6) is 0.255. The first kappa shape index (κ1) is 19.1. The predicted octanol–water partition coefficient (Wildman–Crippen LogP) is 3.82. The molecule has 1 N–H and O–H groups in total. The van der Waals surface area contributed by atoms with Gasteiger partial charge >= 0.3 is 0 Å². The Hall–Kier alpha value is -1.66. The monoisotopic (exact) mass is 393 g/mol. The number of aromatic nitrogens is 1. The van der Waals surface area contributed by atoms with Crippen molar-refractivity contribution in [3.63, 3.8) is 0 Å². The normalized spacial score (nSPS) is 16.1. The van der Waals surface area contributed by atoms with Gasteiger partial charge in [0.2, 0.25) is 11.8 Å². The lowest BCUT2D eigenvalue weighted by molar-refractivity contribution is -0.135. The van der Waals surface area contributed by atoms with Gasteiger partial charge in [0.1, 0.15) is 0 Å². The Bertz CT molecular complexity index is 820. The van der Waals surface area contributed by atoms with Gasteiger partial charge < -0.3 is 10.2 Å². The summed E-state index contributed by atoms with van der Waals surface area (Å²) >= 11 is 7.75. The van der Waals surface area contributed by atoms with Crippen molar-refractivity contribution in [3.8, 4) is 0 Å². The minimum Gasteiger partial charge on any atom is -0.347 e. The summed E-state index contributed by atoms with van der Waals surface area (Å²) in [7, 11) is 0. The van der Waals surface area contributed by atoms with Crippen LogP contribution in [0.15, 0.2) is 18.2 Å². The Labute approximate surface area is 162 Å². The van der Waals surface area contributed by atoms with Crippen LogP contribution in [0.4, 0.5) is 0 Å². The number of hydrogen-bond donors (Lipinski definition) is 1. The number of nitrogens with zero attached hydrogens (tertiary/aromatic N) is 2. The van der Waals surface area contributed by atoms with E-state index in [4.69, 9.17) is 16.6 Å². The summed E-state index contributed by atoms with van der Waals surface area (Å²) in [4.78, 5) is 30.8. The van der Waals surface area contributed by atoms with Gasteiger partial charge in [-0.1, -0.05) is 32.4 Å². The summed E-state index contributed by atoms with van der Waals surface area (Å²) in [5.41, 5.74) is 0.462. The predicted molar refractivity (Wildman–Crippen MR) is 106 cm³/mol. The zero-order chi connectivity index (χ0) is 18.9. The van der Waals surface area contributed by atoms with E-state index in [0.717, 1.165) is 28.1 Å². The molecule has 5 nitrogen and oxygen atoms in total. The fraction of sp³-hybridized carbons (Fsp3) is 0.526. The van der Waals surface area contributed by atoms with E-state index in [9.17, 15) is 9.59 Å². The van der Waals surface area contributed by atoms with Crippen LogP contribution in [-0.4, -0.2) is 41.3 Å². The minimum absolute atomic E-state index is 0.0165. The van der Waals surface area contributed by atoms with Gasteiger partial charge in [-0.3, -0.25) is 9.59 Å². The molecule has 1 saturated heterocycles. The van der Waals surface area contributed by atoms with Crippen LogP contribution in [-0.2, 0) is 9.59 Å². The smallest absolute Gasteiger partial charge is 0.241 e. The molecule has 1 aromatic carbocycles. The molecule has 3 rings (SSSR count). The first-order chi connectivity index (χ1) is 12.2. The molecule has 2 amide bonds. The third-order valence-corrected chi connectivity index (χ3v) is 6.08. The van der Waals surface area contributed by atoms with Gasteiger partial charge in [0.15, 0.2) is 0 Å². The highest BCUT2D eigenvalue weighted by Gasteiger charge is 2.27. The van der Waals surface area contributed by atoms with E-state index in [-0.39, 0.29) is 18.4 Å². The van der Waals surface area contributed by atoms with Gasteiger partial charge in [-0.25, -0.2) is 4.98 Å². The zero-order valence-electron chi connectivity index (χ0n) is 15.3. The number of likely N-dealkylation sites (tertiary alicyclic amines) is 1. The van der Waals surface area contributed by atoms with Crippen molar-refractivity contribution in [1.82, 2.24) is 15.2 Å². The molecular formula is C19H24ClN3O2S. The summed E-state index contributed by atoms with van der Waals surface area (Å²) in [6.45, 7) is 6.98.